The maximum atomic E-state index is 14.2. The predicted molar refractivity (Wildman–Crippen MR) is 136 cm³/mol. The Kier molecular flexibility index (Phi) is 6.49. The van der Waals surface area contributed by atoms with Gasteiger partial charge in [0.2, 0.25) is 5.91 Å². The monoisotopic (exact) mass is 578 g/mol. The number of carbonyl (C=O) groups is 2. The van der Waals surface area contributed by atoms with E-state index >= 15 is 0 Å². The van der Waals surface area contributed by atoms with E-state index in [2.05, 4.69) is 5.43 Å². The number of hydrogen-bond donors (Lipinski definition) is 2. The Labute approximate surface area is 225 Å². The second-order valence-electron chi connectivity index (χ2n) is 11.2. The van der Waals surface area contributed by atoms with Crippen LogP contribution in [0.5, 0.6) is 0 Å². The van der Waals surface area contributed by atoms with E-state index in [9.17, 15) is 23.1 Å². The van der Waals surface area contributed by atoms with Crippen LogP contribution in [0.2, 0.25) is 15.1 Å². The summed E-state index contributed by atoms with van der Waals surface area (Å²) in [7, 11) is -4.52. The molecule has 1 atom stereocenters. The van der Waals surface area contributed by atoms with E-state index in [0.29, 0.717) is 37.0 Å². The van der Waals surface area contributed by atoms with Crippen molar-refractivity contribution in [1.29, 1.82) is 0 Å². The predicted octanol–water partition coefficient (Wildman–Crippen LogP) is 3.78. The fourth-order valence-corrected chi connectivity index (χ4v) is 10.0. The molecule has 1 heterocycles. The van der Waals surface area contributed by atoms with Gasteiger partial charge in [-0.3, -0.25) is 13.9 Å². The maximum absolute atomic E-state index is 14.2. The molecule has 1 aromatic carbocycles. The van der Waals surface area contributed by atoms with Gasteiger partial charge in [-0.1, -0.05) is 39.2 Å². The zero-order chi connectivity index (χ0) is 26.2. The number of β-amino-alcohol motifs (C(OH)–C–C–N with tert-alkyl or cyclic N) is 1. The van der Waals surface area contributed by atoms with Crippen LogP contribution in [0.15, 0.2) is 12.1 Å². The fourth-order valence-electron chi connectivity index (χ4n) is 7.02. The Hall–Kier alpha value is -1.30. The van der Waals surface area contributed by atoms with Crippen LogP contribution in [0.4, 0.5) is 5.69 Å². The standard InChI is InChI=1S/C23H29Cl3N4O5S/c1-13(31)27-30(21(32)23-8-14-3-15(9-23)5-16(4-14)10-23)29-12-22(2,33)11-28(36(29,34)35)20-18(25)6-17(24)7-19(20)26/h6-7,14-16,33H,3-5,8-12H2,1-2H3,(H,27,31). The molecule has 1 aromatic rings. The second kappa shape index (κ2) is 8.88. The molecule has 13 heteroatoms. The number of hydrazine groups is 2. The van der Waals surface area contributed by atoms with Crippen LogP contribution in [-0.2, 0) is 19.8 Å². The maximum Gasteiger partial charge on any atom is 0.323 e. The third-order valence-electron chi connectivity index (χ3n) is 7.91. The normalized spacial score (nSPS) is 35.1. The van der Waals surface area contributed by atoms with Gasteiger partial charge in [0.15, 0.2) is 0 Å². The van der Waals surface area contributed by atoms with Crippen LogP contribution in [0, 0.1) is 23.2 Å². The molecule has 1 saturated heterocycles. The smallest absolute Gasteiger partial charge is 0.323 e. The zero-order valence-corrected chi connectivity index (χ0v) is 23.1. The molecule has 4 saturated carbocycles. The molecule has 0 spiro atoms. The number of halogens is 3. The number of benzene rings is 1. The first kappa shape index (κ1) is 26.3. The van der Waals surface area contributed by atoms with Crippen molar-refractivity contribution in [2.45, 2.75) is 58.0 Å². The molecule has 4 aliphatic carbocycles. The Balaban J connectivity index is 1.57. The SMILES string of the molecule is CC(=O)NN(C(=O)C12CC3CC(CC(C3)C1)C2)N1CC(C)(O)CN(c2c(Cl)cc(Cl)cc2Cl)S1(=O)=O. The minimum atomic E-state index is -4.52. The molecule has 5 aliphatic rings. The largest absolute Gasteiger partial charge is 0.387 e. The van der Waals surface area contributed by atoms with Crippen LogP contribution >= 0.6 is 34.8 Å². The summed E-state index contributed by atoms with van der Waals surface area (Å²) in [5.41, 5.74) is 0.00479. The Bertz CT molecular complexity index is 1170. The molecule has 9 nitrogen and oxygen atoms in total. The van der Waals surface area contributed by atoms with Gasteiger partial charge in [0.1, 0.15) is 0 Å². The van der Waals surface area contributed by atoms with Crippen LogP contribution in [0.1, 0.15) is 52.4 Å². The number of carbonyl (C=O) groups excluding carboxylic acids is 2. The zero-order valence-electron chi connectivity index (χ0n) is 20.0. The van der Waals surface area contributed by atoms with Gasteiger partial charge >= 0.3 is 10.2 Å². The first-order chi connectivity index (χ1) is 16.7. The van der Waals surface area contributed by atoms with Crippen molar-refractivity contribution < 1.29 is 23.1 Å². The lowest BCUT2D eigenvalue weighted by Gasteiger charge is -2.57. The lowest BCUT2D eigenvalue weighted by Crippen LogP contribution is -2.71. The van der Waals surface area contributed by atoms with E-state index < -0.39 is 39.6 Å². The summed E-state index contributed by atoms with van der Waals surface area (Å²) in [6, 6.07) is 2.69. The van der Waals surface area contributed by atoms with Crippen molar-refractivity contribution in [3.8, 4) is 0 Å². The summed E-state index contributed by atoms with van der Waals surface area (Å²) in [6.07, 6.45) is 5.25. The molecule has 36 heavy (non-hydrogen) atoms. The van der Waals surface area contributed by atoms with Gasteiger partial charge in [-0.15, -0.1) is 0 Å². The Morgan fingerprint density at radius 1 is 1.03 bits per heavy atom. The molecule has 2 amide bonds. The first-order valence-corrected chi connectivity index (χ1v) is 14.5. The Morgan fingerprint density at radius 2 is 1.53 bits per heavy atom. The van der Waals surface area contributed by atoms with Crippen LogP contribution in [-0.4, -0.2) is 53.6 Å². The molecule has 198 valence electrons. The molecule has 5 fully saturated rings. The number of aliphatic hydroxyl groups is 1. The third kappa shape index (κ3) is 4.47. The van der Waals surface area contributed by atoms with Crippen molar-refractivity contribution in [1.82, 2.24) is 15.0 Å². The number of hydrogen-bond acceptors (Lipinski definition) is 5. The van der Waals surface area contributed by atoms with Gasteiger partial charge in [0.05, 0.1) is 39.8 Å². The fraction of sp³-hybridized carbons (Fsp3) is 0.652. The molecule has 1 aliphatic heterocycles. The van der Waals surface area contributed by atoms with Crippen molar-refractivity contribution >= 4 is 62.5 Å². The van der Waals surface area contributed by atoms with E-state index in [0.717, 1.165) is 33.1 Å². The summed E-state index contributed by atoms with van der Waals surface area (Å²) in [6.45, 7) is 1.83. The van der Waals surface area contributed by atoms with E-state index in [1.807, 2.05) is 0 Å². The molecule has 4 bridgehead atoms. The van der Waals surface area contributed by atoms with Crippen LogP contribution in [0.25, 0.3) is 0 Å². The number of nitrogens with zero attached hydrogens (tertiary/aromatic N) is 3. The number of amides is 2. The highest BCUT2D eigenvalue weighted by molar-refractivity contribution is 7.90. The van der Waals surface area contributed by atoms with E-state index in [1.165, 1.54) is 26.0 Å². The highest BCUT2D eigenvalue weighted by Gasteiger charge is 2.58. The highest BCUT2D eigenvalue weighted by Crippen LogP contribution is 2.60. The molecule has 2 N–H and O–H groups in total. The van der Waals surface area contributed by atoms with Crippen molar-refractivity contribution in [2.24, 2.45) is 23.2 Å². The number of nitrogens with one attached hydrogen (secondary N) is 1. The summed E-state index contributed by atoms with van der Waals surface area (Å²) in [4.78, 5) is 26.4. The van der Waals surface area contributed by atoms with Crippen molar-refractivity contribution in [3.63, 3.8) is 0 Å². The van der Waals surface area contributed by atoms with Gasteiger partial charge in [-0.05, 0) is 75.3 Å². The van der Waals surface area contributed by atoms with Crippen molar-refractivity contribution in [2.75, 3.05) is 17.4 Å². The Morgan fingerprint density at radius 3 is 2.00 bits per heavy atom. The van der Waals surface area contributed by atoms with E-state index in [1.54, 1.807) is 0 Å². The minimum Gasteiger partial charge on any atom is -0.387 e. The summed E-state index contributed by atoms with van der Waals surface area (Å²) in [5, 5.41) is 12.1. The topological polar surface area (TPSA) is 110 Å². The van der Waals surface area contributed by atoms with Gasteiger partial charge < -0.3 is 5.11 Å². The lowest BCUT2D eigenvalue weighted by atomic mass is 9.49. The molecule has 1 unspecified atom stereocenters. The molecule has 0 radical (unpaired) electrons. The first-order valence-electron chi connectivity index (χ1n) is 12.0. The van der Waals surface area contributed by atoms with Crippen LogP contribution < -0.4 is 9.73 Å². The van der Waals surface area contributed by atoms with Gasteiger partial charge in [-0.2, -0.15) is 13.5 Å². The lowest BCUT2D eigenvalue weighted by molar-refractivity contribution is -0.180. The number of anilines is 1. The van der Waals surface area contributed by atoms with Crippen molar-refractivity contribution in [3.05, 3.63) is 27.2 Å². The third-order valence-corrected chi connectivity index (χ3v) is 10.4. The van der Waals surface area contributed by atoms with Gasteiger partial charge in [0.25, 0.3) is 5.91 Å². The summed E-state index contributed by atoms with van der Waals surface area (Å²) in [5.74, 6) is 0.185. The molecular formula is C23H29Cl3N4O5S. The minimum absolute atomic E-state index is 0.0350. The van der Waals surface area contributed by atoms with Crippen LogP contribution in [0.3, 0.4) is 0 Å². The second-order valence-corrected chi connectivity index (χ2v) is 14.2. The quantitative estimate of drug-likeness (QED) is 0.530. The summed E-state index contributed by atoms with van der Waals surface area (Å²) >= 11 is 18.7. The summed E-state index contributed by atoms with van der Waals surface area (Å²) < 4.78 is 29.6. The average Bonchev–Trinajstić information content (AvgIpc) is 2.72. The average molecular weight is 580 g/mol. The highest BCUT2D eigenvalue weighted by atomic mass is 35.5. The van der Waals surface area contributed by atoms with E-state index in [-0.39, 0.29) is 27.3 Å². The molecule has 6 rings (SSSR count). The molecular weight excluding hydrogens is 551 g/mol. The van der Waals surface area contributed by atoms with Gasteiger partial charge in [-0.25, -0.2) is 5.43 Å². The molecule has 0 aromatic heterocycles. The van der Waals surface area contributed by atoms with E-state index in [4.69, 9.17) is 34.8 Å². The van der Waals surface area contributed by atoms with Gasteiger partial charge in [0, 0.05) is 11.9 Å². The number of rotatable bonds is 3.